The molecule has 7 heteroatoms. The summed E-state index contributed by atoms with van der Waals surface area (Å²) < 4.78 is 5.29. The highest BCUT2D eigenvalue weighted by Crippen LogP contribution is 2.26. The second-order valence-electron chi connectivity index (χ2n) is 3.77. The lowest BCUT2D eigenvalue weighted by Crippen LogP contribution is -2.30. The van der Waals surface area contributed by atoms with E-state index in [1.807, 2.05) is 12.1 Å². The van der Waals surface area contributed by atoms with Crippen molar-refractivity contribution in [2.45, 2.75) is 12.5 Å². The predicted molar refractivity (Wildman–Crippen MR) is 68.2 cm³/mol. The Morgan fingerprint density at radius 3 is 3.00 bits per heavy atom. The first-order valence-corrected chi connectivity index (χ1v) is 5.76. The molecule has 0 spiro atoms. The largest absolute Gasteiger partial charge is 0.496 e. The monoisotopic (exact) mass is 267 g/mol. The molecule has 0 saturated carbocycles. The van der Waals surface area contributed by atoms with E-state index >= 15 is 0 Å². The molecule has 96 valence electrons. The Balaban J connectivity index is 2.24. The number of hydrogen-bond donors (Lipinski definition) is 3. The Morgan fingerprint density at radius 2 is 2.39 bits per heavy atom. The first-order valence-electron chi connectivity index (χ1n) is 5.38. The summed E-state index contributed by atoms with van der Waals surface area (Å²) >= 11 is 5.98. The maximum absolute atomic E-state index is 5.98. The van der Waals surface area contributed by atoms with E-state index in [4.69, 9.17) is 22.2 Å². The Bertz CT molecular complexity index is 502. The molecule has 1 atom stereocenters. The number of hydrazine groups is 1. The molecule has 2 aromatic rings. The van der Waals surface area contributed by atoms with E-state index < -0.39 is 0 Å². The fraction of sp³-hybridized carbons (Fsp3) is 0.273. The first-order chi connectivity index (χ1) is 8.74. The Hall–Kier alpha value is -1.63. The molecule has 0 fully saturated rings. The van der Waals surface area contributed by atoms with Crippen LogP contribution in [0.5, 0.6) is 5.75 Å². The van der Waals surface area contributed by atoms with Crippen LogP contribution in [-0.4, -0.2) is 22.5 Å². The lowest BCUT2D eigenvalue weighted by atomic mass is 10.0. The standard InChI is InChI=1S/C11H14ClN5O/c1-18-11-3-2-8(12)4-7(11)5-9(15-13)10-6-14-17-16-10/h2-4,6,9,15H,5,13H2,1H3,(H,14,16,17). The average molecular weight is 268 g/mol. The van der Waals surface area contributed by atoms with Gasteiger partial charge in [-0.1, -0.05) is 11.6 Å². The Labute approximate surface area is 109 Å². The number of methoxy groups -OCH3 is 1. The summed E-state index contributed by atoms with van der Waals surface area (Å²) in [6, 6.07) is 5.31. The van der Waals surface area contributed by atoms with Crippen LogP contribution in [0.2, 0.25) is 5.02 Å². The molecule has 1 heterocycles. The lowest BCUT2D eigenvalue weighted by molar-refractivity contribution is 0.405. The summed E-state index contributed by atoms with van der Waals surface area (Å²) in [5.41, 5.74) is 4.39. The van der Waals surface area contributed by atoms with Gasteiger partial charge in [0.1, 0.15) is 11.4 Å². The normalized spacial score (nSPS) is 12.4. The molecular formula is C11H14ClN5O. The smallest absolute Gasteiger partial charge is 0.122 e. The van der Waals surface area contributed by atoms with E-state index in [-0.39, 0.29) is 6.04 Å². The van der Waals surface area contributed by atoms with Crippen molar-refractivity contribution in [3.05, 3.63) is 40.7 Å². The molecule has 2 rings (SSSR count). The molecule has 0 saturated heterocycles. The summed E-state index contributed by atoms with van der Waals surface area (Å²) in [6.07, 6.45) is 2.23. The van der Waals surface area contributed by atoms with Crippen molar-refractivity contribution in [2.24, 2.45) is 5.84 Å². The molecule has 0 radical (unpaired) electrons. The van der Waals surface area contributed by atoms with Crippen LogP contribution in [0.3, 0.4) is 0 Å². The second-order valence-corrected chi connectivity index (χ2v) is 4.21. The van der Waals surface area contributed by atoms with Crippen LogP contribution in [0.1, 0.15) is 17.3 Å². The van der Waals surface area contributed by atoms with Crippen LogP contribution in [-0.2, 0) is 6.42 Å². The van der Waals surface area contributed by atoms with Crippen molar-refractivity contribution in [1.82, 2.24) is 20.8 Å². The van der Waals surface area contributed by atoms with E-state index in [0.717, 1.165) is 17.0 Å². The molecule has 0 aliphatic carbocycles. The number of hydrogen-bond acceptors (Lipinski definition) is 5. The number of benzene rings is 1. The molecule has 0 bridgehead atoms. The van der Waals surface area contributed by atoms with Crippen molar-refractivity contribution in [3.8, 4) is 5.75 Å². The number of aromatic nitrogens is 3. The van der Waals surface area contributed by atoms with Gasteiger partial charge < -0.3 is 4.74 Å². The van der Waals surface area contributed by atoms with Crippen molar-refractivity contribution in [2.75, 3.05) is 7.11 Å². The number of nitrogens with one attached hydrogen (secondary N) is 2. The van der Waals surface area contributed by atoms with Gasteiger partial charge in [0, 0.05) is 5.02 Å². The van der Waals surface area contributed by atoms with Gasteiger partial charge in [-0.15, -0.1) is 0 Å². The van der Waals surface area contributed by atoms with E-state index in [1.165, 1.54) is 0 Å². The second kappa shape index (κ2) is 5.81. The zero-order valence-corrected chi connectivity index (χ0v) is 10.6. The van der Waals surface area contributed by atoms with E-state index in [9.17, 15) is 0 Å². The zero-order valence-electron chi connectivity index (χ0n) is 9.85. The van der Waals surface area contributed by atoms with Crippen LogP contribution < -0.4 is 16.0 Å². The maximum atomic E-state index is 5.98. The van der Waals surface area contributed by atoms with Crippen molar-refractivity contribution >= 4 is 11.6 Å². The molecule has 1 unspecified atom stereocenters. The van der Waals surface area contributed by atoms with Crippen molar-refractivity contribution < 1.29 is 4.74 Å². The SMILES string of the molecule is COc1ccc(Cl)cc1CC(NN)c1cn[nH]n1. The van der Waals surface area contributed by atoms with Crippen LogP contribution in [0.15, 0.2) is 24.4 Å². The third kappa shape index (κ3) is 2.79. The number of nitrogens with zero attached hydrogens (tertiary/aromatic N) is 2. The van der Waals surface area contributed by atoms with E-state index in [0.29, 0.717) is 11.4 Å². The van der Waals surface area contributed by atoms with Gasteiger partial charge >= 0.3 is 0 Å². The van der Waals surface area contributed by atoms with Gasteiger partial charge in [0.15, 0.2) is 0 Å². The van der Waals surface area contributed by atoms with Gasteiger partial charge in [-0.3, -0.25) is 11.3 Å². The zero-order chi connectivity index (χ0) is 13.0. The van der Waals surface area contributed by atoms with E-state index in [2.05, 4.69) is 20.8 Å². The molecule has 0 amide bonds. The molecular weight excluding hydrogens is 254 g/mol. The summed E-state index contributed by atoms with van der Waals surface area (Å²) in [7, 11) is 1.62. The molecule has 6 nitrogen and oxygen atoms in total. The third-order valence-corrected chi connectivity index (χ3v) is 2.89. The lowest BCUT2D eigenvalue weighted by Gasteiger charge is -2.15. The van der Waals surface area contributed by atoms with E-state index in [1.54, 1.807) is 19.4 Å². The minimum atomic E-state index is -0.156. The molecule has 4 N–H and O–H groups in total. The van der Waals surface area contributed by atoms with Gasteiger partial charge in [-0.2, -0.15) is 15.4 Å². The van der Waals surface area contributed by atoms with Crippen molar-refractivity contribution in [1.29, 1.82) is 0 Å². The summed E-state index contributed by atoms with van der Waals surface area (Å²) in [4.78, 5) is 0. The molecule has 0 aliphatic rings. The van der Waals surface area contributed by atoms with Crippen LogP contribution in [0, 0.1) is 0 Å². The van der Waals surface area contributed by atoms with Gasteiger partial charge in [0.2, 0.25) is 0 Å². The molecule has 1 aromatic heterocycles. The highest BCUT2D eigenvalue weighted by Gasteiger charge is 2.16. The fourth-order valence-corrected chi connectivity index (χ4v) is 1.95. The highest BCUT2D eigenvalue weighted by atomic mass is 35.5. The van der Waals surface area contributed by atoms with Gasteiger partial charge in [0.25, 0.3) is 0 Å². The van der Waals surface area contributed by atoms with Gasteiger partial charge in [-0.05, 0) is 30.2 Å². The predicted octanol–water partition coefficient (Wildman–Crippen LogP) is 1.21. The topological polar surface area (TPSA) is 88.9 Å². The van der Waals surface area contributed by atoms with Crippen LogP contribution >= 0.6 is 11.6 Å². The van der Waals surface area contributed by atoms with Crippen molar-refractivity contribution in [3.63, 3.8) is 0 Å². The quantitative estimate of drug-likeness (QED) is 0.560. The Morgan fingerprint density at radius 1 is 1.56 bits per heavy atom. The molecule has 0 aliphatic heterocycles. The van der Waals surface area contributed by atoms with Gasteiger partial charge in [0.05, 0.1) is 19.3 Å². The number of rotatable bonds is 5. The van der Waals surface area contributed by atoms with Gasteiger partial charge in [-0.25, -0.2) is 0 Å². The summed E-state index contributed by atoms with van der Waals surface area (Å²) in [5.74, 6) is 6.30. The molecule has 18 heavy (non-hydrogen) atoms. The number of H-pyrrole nitrogens is 1. The number of aromatic amines is 1. The fourth-order valence-electron chi connectivity index (χ4n) is 1.75. The Kier molecular flexibility index (Phi) is 4.14. The summed E-state index contributed by atoms with van der Waals surface area (Å²) in [5, 5.41) is 11.0. The third-order valence-electron chi connectivity index (χ3n) is 2.66. The minimum Gasteiger partial charge on any atom is -0.496 e. The number of nitrogens with two attached hydrogens (primary N) is 1. The molecule has 1 aromatic carbocycles. The highest BCUT2D eigenvalue weighted by molar-refractivity contribution is 6.30. The maximum Gasteiger partial charge on any atom is 0.122 e. The van der Waals surface area contributed by atoms with Crippen LogP contribution in [0.4, 0.5) is 0 Å². The number of ether oxygens (including phenoxy) is 1. The summed E-state index contributed by atoms with van der Waals surface area (Å²) in [6.45, 7) is 0. The average Bonchev–Trinajstić information content (AvgIpc) is 2.90. The first kappa shape index (κ1) is 12.8. The number of halogens is 1. The van der Waals surface area contributed by atoms with Crippen LogP contribution in [0.25, 0.3) is 0 Å². The minimum absolute atomic E-state index is 0.156.